The average molecular weight is 325 g/mol. The molecule has 126 valence electrons. The second-order valence-corrected chi connectivity index (χ2v) is 7.27. The van der Waals surface area contributed by atoms with Gasteiger partial charge in [0.1, 0.15) is 11.4 Å². The molecule has 0 amide bonds. The van der Waals surface area contributed by atoms with Crippen molar-refractivity contribution in [3.05, 3.63) is 67.8 Å². The maximum absolute atomic E-state index is 11.6. The maximum atomic E-state index is 11.6. The third-order valence-corrected chi connectivity index (χ3v) is 5.20. The zero-order chi connectivity index (χ0) is 17.8. The summed E-state index contributed by atoms with van der Waals surface area (Å²) in [5.41, 5.74) is 5.32. The monoisotopic (exact) mass is 325 g/mol. The largest absolute Gasteiger partial charge is 0.486 e. The van der Waals surface area contributed by atoms with E-state index in [2.05, 4.69) is 45.0 Å². The van der Waals surface area contributed by atoms with E-state index in [9.17, 15) is 10.1 Å². The van der Waals surface area contributed by atoms with Gasteiger partial charge in [0, 0.05) is 22.3 Å². The lowest BCUT2D eigenvalue weighted by molar-refractivity contribution is -0.386. The van der Waals surface area contributed by atoms with Crippen molar-refractivity contribution in [2.75, 3.05) is 0 Å². The fourth-order valence-electron chi connectivity index (χ4n) is 3.88. The van der Waals surface area contributed by atoms with Gasteiger partial charge in [-0.25, -0.2) is 0 Å². The van der Waals surface area contributed by atoms with Crippen LogP contribution in [0.2, 0.25) is 0 Å². The molecule has 1 heterocycles. The number of ether oxygens (including phenoxy) is 1. The van der Waals surface area contributed by atoms with Crippen molar-refractivity contribution in [3.8, 4) is 5.75 Å². The number of hydrogen-bond acceptors (Lipinski definition) is 3. The lowest BCUT2D eigenvalue weighted by Crippen LogP contribution is -2.31. The van der Waals surface area contributed by atoms with Gasteiger partial charge >= 0.3 is 0 Å². The Bertz CT molecular complexity index is 835. The lowest BCUT2D eigenvalue weighted by atomic mass is 9.78. The standard InChI is InChI=1S/C20H23NO3/c1-11-7-9-15(10-8-11)17-16-14(4)18(21(22)23)12(2)13(3)19(16)24-20(17,5)6/h7-10,17H,1-6H3. The Kier molecular flexibility index (Phi) is 3.67. The van der Waals surface area contributed by atoms with Crippen molar-refractivity contribution in [1.29, 1.82) is 0 Å². The van der Waals surface area contributed by atoms with Crippen LogP contribution in [0, 0.1) is 37.8 Å². The predicted octanol–water partition coefficient (Wildman–Crippen LogP) is 5.13. The molecular weight excluding hydrogens is 302 g/mol. The Hall–Kier alpha value is -2.36. The molecule has 3 rings (SSSR count). The molecule has 0 fully saturated rings. The maximum Gasteiger partial charge on any atom is 0.276 e. The van der Waals surface area contributed by atoms with Crippen molar-refractivity contribution in [2.45, 2.75) is 53.1 Å². The Labute approximate surface area is 142 Å². The van der Waals surface area contributed by atoms with E-state index in [1.807, 2.05) is 13.8 Å². The van der Waals surface area contributed by atoms with Crippen LogP contribution in [-0.4, -0.2) is 10.5 Å². The first kappa shape index (κ1) is 16.5. The Morgan fingerprint density at radius 2 is 1.58 bits per heavy atom. The zero-order valence-electron chi connectivity index (χ0n) is 15.1. The quantitative estimate of drug-likeness (QED) is 0.568. The molecule has 0 aromatic heterocycles. The summed E-state index contributed by atoms with van der Waals surface area (Å²) in [5, 5.41) is 11.6. The highest BCUT2D eigenvalue weighted by atomic mass is 16.6. The first-order valence-corrected chi connectivity index (χ1v) is 8.18. The number of hydrogen-bond donors (Lipinski definition) is 0. The van der Waals surface area contributed by atoms with Crippen molar-refractivity contribution in [1.82, 2.24) is 0 Å². The summed E-state index contributed by atoms with van der Waals surface area (Å²) in [7, 11) is 0. The number of rotatable bonds is 2. The van der Waals surface area contributed by atoms with Gasteiger partial charge in [-0.1, -0.05) is 29.8 Å². The van der Waals surface area contributed by atoms with E-state index in [0.717, 1.165) is 22.4 Å². The van der Waals surface area contributed by atoms with E-state index in [0.29, 0.717) is 11.1 Å². The third kappa shape index (κ3) is 2.29. The van der Waals surface area contributed by atoms with Crippen LogP contribution in [0.3, 0.4) is 0 Å². The molecule has 24 heavy (non-hydrogen) atoms. The highest BCUT2D eigenvalue weighted by Gasteiger charge is 2.46. The van der Waals surface area contributed by atoms with Crippen molar-refractivity contribution in [3.63, 3.8) is 0 Å². The minimum atomic E-state index is -0.450. The molecule has 0 radical (unpaired) electrons. The molecule has 0 N–H and O–H groups in total. The lowest BCUT2D eigenvalue weighted by Gasteiger charge is -2.27. The van der Waals surface area contributed by atoms with Crippen LogP contribution in [-0.2, 0) is 0 Å². The fraction of sp³-hybridized carbons (Fsp3) is 0.400. The highest BCUT2D eigenvalue weighted by Crippen LogP contribution is 2.53. The number of nitrogens with zero attached hydrogens (tertiary/aromatic N) is 1. The van der Waals surface area contributed by atoms with Gasteiger partial charge in [0.2, 0.25) is 0 Å². The van der Waals surface area contributed by atoms with Crippen LogP contribution in [0.5, 0.6) is 5.75 Å². The predicted molar refractivity (Wildman–Crippen MR) is 95.0 cm³/mol. The summed E-state index contributed by atoms with van der Waals surface area (Å²) in [6, 6.07) is 8.35. The average Bonchev–Trinajstić information content (AvgIpc) is 2.77. The zero-order valence-corrected chi connectivity index (χ0v) is 15.1. The summed E-state index contributed by atoms with van der Waals surface area (Å²) in [6.45, 7) is 11.7. The number of fused-ring (bicyclic) bond motifs is 1. The Morgan fingerprint density at radius 1 is 1.00 bits per heavy atom. The molecule has 2 aromatic rings. The molecule has 4 nitrogen and oxygen atoms in total. The summed E-state index contributed by atoms with van der Waals surface area (Å²) < 4.78 is 6.30. The van der Waals surface area contributed by atoms with E-state index < -0.39 is 5.60 Å². The molecular formula is C20H23NO3. The highest BCUT2D eigenvalue weighted by molar-refractivity contribution is 5.66. The number of benzene rings is 2. The number of nitro groups is 1. The number of aryl methyl sites for hydroxylation is 1. The Balaban J connectivity index is 2.32. The minimum Gasteiger partial charge on any atom is -0.486 e. The van der Waals surface area contributed by atoms with Gasteiger partial charge in [-0.05, 0) is 47.1 Å². The normalized spacial score (nSPS) is 18.2. The molecule has 0 spiro atoms. The molecule has 0 saturated heterocycles. The molecule has 1 aliphatic rings. The topological polar surface area (TPSA) is 52.4 Å². The van der Waals surface area contributed by atoms with Gasteiger partial charge < -0.3 is 4.74 Å². The summed E-state index contributed by atoms with van der Waals surface area (Å²) >= 11 is 0. The molecule has 1 aliphatic heterocycles. The fourth-order valence-corrected chi connectivity index (χ4v) is 3.88. The summed E-state index contributed by atoms with van der Waals surface area (Å²) in [4.78, 5) is 11.3. The molecule has 0 saturated carbocycles. The van der Waals surface area contributed by atoms with E-state index in [4.69, 9.17) is 4.74 Å². The second-order valence-electron chi connectivity index (χ2n) is 7.27. The van der Waals surface area contributed by atoms with Crippen LogP contribution >= 0.6 is 0 Å². The smallest absolute Gasteiger partial charge is 0.276 e. The SMILES string of the molecule is Cc1ccc(C2c3c(C)c([N+](=O)[O-])c(C)c(C)c3OC2(C)C)cc1. The third-order valence-electron chi connectivity index (χ3n) is 5.20. The summed E-state index contributed by atoms with van der Waals surface area (Å²) in [5.74, 6) is 0.789. The molecule has 2 aromatic carbocycles. The minimum absolute atomic E-state index is 0.0221. The van der Waals surface area contributed by atoms with Gasteiger partial charge in [0.25, 0.3) is 5.69 Å². The van der Waals surface area contributed by atoms with E-state index in [-0.39, 0.29) is 16.5 Å². The van der Waals surface area contributed by atoms with Crippen molar-refractivity contribution < 1.29 is 9.66 Å². The van der Waals surface area contributed by atoms with Crippen LogP contribution in [0.4, 0.5) is 5.69 Å². The Morgan fingerprint density at radius 3 is 2.12 bits per heavy atom. The van der Waals surface area contributed by atoms with Crippen LogP contribution < -0.4 is 4.74 Å². The van der Waals surface area contributed by atoms with Crippen LogP contribution in [0.1, 0.15) is 53.1 Å². The van der Waals surface area contributed by atoms with Crippen molar-refractivity contribution >= 4 is 5.69 Å². The molecule has 1 unspecified atom stereocenters. The number of nitro benzene ring substituents is 1. The molecule has 1 atom stereocenters. The van der Waals surface area contributed by atoms with E-state index >= 15 is 0 Å². The van der Waals surface area contributed by atoms with Gasteiger partial charge in [0.15, 0.2) is 0 Å². The van der Waals surface area contributed by atoms with Crippen LogP contribution in [0.25, 0.3) is 0 Å². The van der Waals surface area contributed by atoms with Gasteiger partial charge in [-0.2, -0.15) is 0 Å². The van der Waals surface area contributed by atoms with Gasteiger partial charge in [0.05, 0.1) is 10.8 Å². The first-order chi connectivity index (χ1) is 11.1. The van der Waals surface area contributed by atoms with E-state index in [1.165, 1.54) is 5.56 Å². The molecule has 0 bridgehead atoms. The second kappa shape index (κ2) is 5.33. The van der Waals surface area contributed by atoms with E-state index in [1.54, 1.807) is 6.92 Å². The molecule has 0 aliphatic carbocycles. The van der Waals surface area contributed by atoms with Crippen LogP contribution in [0.15, 0.2) is 24.3 Å². The molecule has 4 heteroatoms. The van der Waals surface area contributed by atoms with Gasteiger partial charge in [-0.15, -0.1) is 0 Å². The van der Waals surface area contributed by atoms with Gasteiger partial charge in [-0.3, -0.25) is 10.1 Å². The van der Waals surface area contributed by atoms with Crippen molar-refractivity contribution in [2.24, 2.45) is 0 Å². The first-order valence-electron chi connectivity index (χ1n) is 8.18. The summed E-state index contributed by atoms with van der Waals surface area (Å²) in [6.07, 6.45) is 0.